The minimum absolute atomic E-state index is 0.00440. The van der Waals surface area contributed by atoms with Crippen LogP contribution >= 0.6 is 0 Å². The van der Waals surface area contributed by atoms with Crippen LogP contribution in [0, 0.1) is 0 Å². The van der Waals surface area contributed by atoms with Gasteiger partial charge in [-0.3, -0.25) is 4.79 Å². The molecule has 0 aromatic heterocycles. The van der Waals surface area contributed by atoms with E-state index < -0.39 is 15.9 Å². The Morgan fingerprint density at radius 2 is 1.73 bits per heavy atom. The van der Waals surface area contributed by atoms with E-state index in [0.717, 1.165) is 16.7 Å². The normalized spacial score (nSPS) is 17.2. The highest BCUT2D eigenvalue weighted by Crippen LogP contribution is 2.19. The first-order valence-corrected chi connectivity index (χ1v) is 10.1. The highest BCUT2D eigenvalue weighted by Gasteiger charge is 2.37. The van der Waals surface area contributed by atoms with E-state index in [1.807, 2.05) is 30.3 Å². The van der Waals surface area contributed by atoms with Crippen LogP contribution in [-0.2, 0) is 32.2 Å². The number of carbonyl (C=O) groups excluding carboxylic acids is 2. The van der Waals surface area contributed by atoms with E-state index in [1.54, 1.807) is 12.1 Å². The summed E-state index contributed by atoms with van der Waals surface area (Å²) in [6.07, 6.45) is 1.03. The van der Waals surface area contributed by atoms with Crippen molar-refractivity contribution in [1.29, 1.82) is 0 Å². The molecule has 2 amide bonds. The van der Waals surface area contributed by atoms with Crippen LogP contribution in [0.3, 0.4) is 0 Å². The summed E-state index contributed by atoms with van der Waals surface area (Å²) in [6, 6.07) is 15.3. The number of sulfone groups is 1. The van der Waals surface area contributed by atoms with Crippen molar-refractivity contribution in [3.05, 3.63) is 65.7 Å². The van der Waals surface area contributed by atoms with Crippen molar-refractivity contribution in [2.45, 2.75) is 23.8 Å². The molecule has 26 heavy (non-hydrogen) atoms. The first-order chi connectivity index (χ1) is 12.3. The Bertz CT molecular complexity index is 907. The van der Waals surface area contributed by atoms with Gasteiger partial charge in [-0.05, 0) is 29.7 Å². The van der Waals surface area contributed by atoms with Crippen molar-refractivity contribution >= 4 is 21.8 Å². The molecule has 2 aromatic rings. The number of benzene rings is 2. The second kappa shape index (κ2) is 7.29. The molecule has 1 aliphatic rings. The van der Waals surface area contributed by atoms with Crippen molar-refractivity contribution in [1.82, 2.24) is 4.90 Å². The van der Waals surface area contributed by atoms with Crippen molar-refractivity contribution in [2.24, 2.45) is 0 Å². The molecule has 6 nitrogen and oxygen atoms in total. The summed E-state index contributed by atoms with van der Waals surface area (Å²) in [5.74, 6) is -0.361. The van der Waals surface area contributed by atoms with E-state index in [0.29, 0.717) is 12.0 Å². The molecule has 1 aliphatic heterocycles. The van der Waals surface area contributed by atoms with Gasteiger partial charge in [-0.25, -0.2) is 18.1 Å². The van der Waals surface area contributed by atoms with E-state index in [2.05, 4.69) is 0 Å². The van der Waals surface area contributed by atoms with Gasteiger partial charge in [-0.2, -0.15) is 0 Å². The molecule has 0 aliphatic carbocycles. The van der Waals surface area contributed by atoms with Gasteiger partial charge in [0.1, 0.15) is 6.61 Å². The standard InChI is InChI=1S/C19H19NO5S/c1-26(23,24)17-9-7-15(8-10-17)12-18(21)20-16(13-25-19(20)22)11-14-5-3-2-4-6-14/h2-10,16H,11-13H2,1H3. The first-order valence-electron chi connectivity index (χ1n) is 8.16. The maximum absolute atomic E-state index is 12.6. The Morgan fingerprint density at radius 1 is 1.08 bits per heavy atom. The van der Waals surface area contributed by atoms with Crippen molar-refractivity contribution in [2.75, 3.05) is 12.9 Å². The number of hydrogen-bond acceptors (Lipinski definition) is 5. The second-order valence-corrected chi connectivity index (χ2v) is 8.29. The van der Waals surface area contributed by atoms with Crippen LogP contribution < -0.4 is 0 Å². The van der Waals surface area contributed by atoms with Gasteiger partial charge in [0.2, 0.25) is 5.91 Å². The fourth-order valence-corrected chi connectivity index (χ4v) is 3.55. The Hall–Kier alpha value is -2.67. The van der Waals surface area contributed by atoms with Gasteiger partial charge in [0.05, 0.1) is 17.4 Å². The molecular formula is C19H19NO5S. The summed E-state index contributed by atoms with van der Waals surface area (Å²) in [5.41, 5.74) is 1.66. The molecule has 0 N–H and O–H groups in total. The molecule has 3 rings (SSSR count). The van der Waals surface area contributed by atoms with Gasteiger partial charge in [0, 0.05) is 6.26 Å². The van der Waals surface area contributed by atoms with Crippen LogP contribution in [0.4, 0.5) is 4.79 Å². The third kappa shape index (κ3) is 4.11. The van der Waals surface area contributed by atoms with Gasteiger partial charge < -0.3 is 4.74 Å². The number of nitrogens with zero attached hydrogens (tertiary/aromatic N) is 1. The lowest BCUT2D eigenvalue weighted by Crippen LogP contribution is -2.41. The summed E-state index contributed by atoms with van der Waals surface area (Å²) < 4.78 is 28.1. The molecule has 136 valence electrons. The molecular weight excluding hydrogens is 354 g/mol. The fourth-order valence-electron chi connectivity index (χ4n) is 2.92. The van der Waals surface area contributed by atoms with E-state index in [1.165, 1.54) is 12.1 Å². The summed E-state index contributed by atoms with van der Waals surface area (Å²) in [7, 11) is -3.29. The summed E-state index contributed by atoms with van der Waals surface area (Å²) in [6.45, 7) is 0.173. The predicted molar refractivity (Wildman–Crippen MR) is 95.4 cm³/mol. The fraction of sp³-hybridized carbons (Fsp3) is 0.263. The minimum atomic E-state index is -3.29. The molecule has 1 heterocycles. The third-order valence-electron chi connectivity index (χ3n) is 4.25. The smallest absolute Gasteiger partial charge is 0.416 e. The number of rotatable bonds is 5. The van der Waals surface area contributed by atoms with Crippen molar-refractivity contribution in [3.8, 4) is 0 Å². The van der Waals surface area contributed by atoms with Gasteiger partial charge in [0.25, 0.3) is 0 Å². The molecule has 0 bridgehead atoms. The van der Waals surface area contributed by atoms with Crippen LogP contribution in [0.5, 0.6) is 0 Å². The van der Waals surface area contributed by atoms with Crippen molar-refractivity contribution < 1.29 is 22.7 Å². The Balaban J connectivity index is 1.71. The molecule has 0 spiro atoms. The maximum atomic E-state index is 12.6. The average molecular weight is 373 g/mol. The SMILES string of the molecule is CS(=O)(=O)c1ccc(CC(=O)N2C(=O)OCC2Cc2ccccc2)cc1. The summed E-state index contributed by atoms with van der Waals surface area (Å²) in [4.78, 5) is 26.0. The average Bonchev–Trinajstić information content (AvgIpc) is 2.96. The highest BCUT2D eigenvalue weighted by atomic mass is 32.2. The lowest BCUT2D eigenvalue weighted by Gasteiger charge is -2.19. The molecule has 1 unspecified atom stereocenters. The largest absolute Gasteiger partial charge is 0.447 e. The topological polar surface area (TPSA) is 80.8 Å². The molecule has 0 radical (unpaired) electrons. The van der Waals surface area contributed by atoms with E-state index in [4.69, 9.17) is 4.74 Å². The van der Waals surface area contributed by atoms with E-state index in [9.17, 15) is 18.0 Å². The molecule has 2 aromatic carbocycles. The monoisotopic (exact) mass is 373 g/mol. The molecule has 7 heteroatoms. The number of imide groups is 1. The van der Waals surface area contributed by atoms with E-state index >= 15 is 0 Å². The maximum Gasteiger partial charge on any atom is 0.416 e. The number of ether oxygens (including phenoxy) is 1. The van der Waals surface area contributed by atoms with Crippen LogP contribution in [0.2, 0.25) is 0 Å². The zero-order valence-electron chi connectivity index (χ0n) is 14.3. The number of carbonyl (C=O) groups is 2. The predicted octanol–water partition coefficient (Wildman–Crippen LogP) is 2.22. The molecule has 1 saturated heterocycles. The van der Waals surface area contributed by atoms with E-state index in [-0.39, 0.29) is 29.9 Å². The van der Waals surface area contributed by atoms with Crippen LogP contribution in [0.1, 0.15) is 11.1 Å². The molecule has 1 fully saturated rings. The van der Waals surface area contributed by atoms with Crippen molar-refractivity contribution in [3.63, 3.8) is 0 Å². The third-order valence-corrected chi connectivity index (χ3v) is 5.38. The zero-order valence-corrected chi connectivity index (χ0v) is 15.1. The number of amides is 2. The summed E-state index contributed by atoms with van der Waals surface area (Å²) in [5, 5.41) is 0. The lowest BCUT2D eigenvalue weighted by atomic mass is 10.0. The number of hydrogen-bond donors (Lipinski definition) is 0. The second-order valence-electron chi connectivity index (χ2n) is 6.28. The van der Waals surface area contributed by atoms with Gasteiger partial charge in [0.15, 0.2) is 9.84 Å². The molecule has 0 saturated carbocycles. The lowest BCUT2D eigenvalue weighted by molar-refractivity contribution is -0.128. The first kappa shape index (κ1) is 18.1. The van der Waals surface area contributed by atoms with Crippen LogP contribution in [0.25, 0.3) is 0 Å². The zero-order chi connectivity index (χ0) is 18.7. The highest BCUT2D eigenvalue weighted by molar-refractivity contribution is 7.90. The molecule has 1 atom stereocenters. The van der Waals surface area contributed by atoms with Crippen LogP contribution in [-0.4, -0.2) is 44.2 Å². The quantitative estimate of drug-likeness (QED) is 0.803. The minimum Gasteiger partial charge on any atom is -0.447 e. The summed E-state index contributed by atoms with van der Waals surface area (Å²) >= 11 is 0. The van der Waals surface area contributed by atoms with Gasteiger partial charge >= 0.3 is 6.09 Å². The van der Waals surface area contributed by atoms with Gasteiger partial charge in [-0.15, -0.1) is 0 Å². The Labute approximate surface area is 152 Å². The Kier molecular flexibility index (Phi) is 5.08. The Morgan fingerprint density at radius 3 is 2.35 bits per heavy atom. The van der Waals surface area contributed by atoms with Crippen LogP contribution in [0.15, 0.2) is 59.5 Å². The number of cyclic esters (lactones) is 1. The van der Waals surface area contributed by atoms with Gasteiger partial charge in [-0.1, -0.05) is 42.5 Å².